The summed E-state index contributed by atoms with van der Waals surface area (Å²) in [5.41, 5.74) is 4.47. The van der Waals surface area contributed by atoms with E-state index in [1.54, 1.807) is 11.8 Å². The molecule has 1 aromatic heterocycles. The molecule has 2 amide bonds. The quantitative estimate of drug-likeness (QED) is 0.445. The second-order valence-electron chi connectivity index (χ2n) is 7.96. The Morgan fingerprint density at radius 3 is 2.61 bits per heavy atom. The number of halogens is 4. The molecule has 2 aliphatic rings. The maximum absolute atomic E-state index is 13.2. The van der Waals surface area contributed by atoms with Crippen LogP contribution in [-0.2, 0) is 14.3 Å². The molecular formula is C19H27ClF3N7O3. The van der Waals surface area contributed by atoms with Gasteiger partial charge in [0.15, 0.2) is 5.92 Å². The van der Waals surface area contributed by atoms with Crippen molar-refractivity contribution in [2.24, 2.45) is 5.92 Å². The summed E-state index contributed by atoms with van der Waals surface area (Å²) < 4.78 is 45.0. The van der Waals surface area contributed by atoms with Crippen LogP contribution in [0.15, 0.2) is 12.4 Å². The molecule has 0 saturated carbocycles. The summed E-state index contributed by atoms with van der Waals surface area (Å²) in [6.07, 6.45) is -1.43. The molecule has 3 heterocycles. The molecule has 0 radical (unpaired) electrons. The van der Waals surface area contributed by atoms with Crippen molar-refractivity contribution in [1.29, 1.82) is 0 Å². The number of hydrogen-bond acceptors (Lipinski definition) is 8. The van der Waals surface area contributed by atoms with Gasteiger partial charge in [0.05, 0.1) is 37.1 Å². The number of alkyl halides is 3. The fourth-order valence-electron chi connectivity index (χ4n) is 3.77. The molecule has 10 nitrogen and oxygen atoms in total. The number of ether oxygens (including phenoxy) is 1. The summed E-state index contributed by atoms with van der Waals surface area (Å²) in [5, 5.41) is 3.25. The van der Waals surface area contributed by atoms with Crippen molar-refractivity contribution >= 4 is 29.4 Å². The van der Waals surface area contributed by atoms with Crippen molar-refractivity contribution in [1.82, 2.24) is 31.0 Å². The predicted molar refractivity (Wildman–Crippen MR) is 113 cm³/mol. The second-order valence-corrected chi connectivity index (χ2v) is 8.39. The van der Waals surface area contributed by atoms with Crippen LogP contribution in [0.1, 0.15) is 13.3 Å². The molecule has 2 saturated heterocycles. The Kier molecular flexibility index (Phi) is 8.68. The van der Waals surface area contributed by atoms with Gasteiger partial charge < -0.3 is 19.9 Å². The Morgan fingerprint density at radius 2 is 1.97 bits per heavy atom. The predicted octanol–water partition coefficient (Wildman–Crippen LogP) is 0.345. The standard InChI is InChI=1S/C19H27ClF3N7O3/c1-12(27-14-10-26-28-17(32)16(14)19(21,22)23)11-33-7-2-15(31)29-3-5-30(6-4-29)18-24-8-13(20)9-25-18/h8-9,12,14,16,26-27H,2-7,10-11H2,1H3,(H,28,32)/t12-,14?,16?/m1/s1. The normalized spacial score (nSPS) is 22.8. The summed E-state index contributed by atoms with van der Waals surface area (Å²) in [6, 6.07) is -1.55. The van der Waals surface area contributed by atoms with Gasteiger partial charge in [0.1, 0.15) is 0 Å². The van der Waals surface area contributed by atoms with E-state index in [4.69, 9.17) is 16.3 Å². The second kappa shape index (κ2) is 11.3. The minimum Gasteiger partial charge on any atom is -0.379 e. The van der Waals surface area contributed by atoms with E-state index in [1.165, 1.54) is 12.4 Å². The van der Waals surface area contributed by atoms with Crippen LogP contribution in [0.3, 0.4) is 0 Å². The monoisotopic (exact) mass is 493 g/mol. The first-order valence-corrected chi connectivity index (χ1v) is 11.0. The topological polar surface area (TPSA) is 112 Å². The van der Waals surface area contributed by atoms with Gasteiger partial charge in [0.25, 0.3) is 0 Å². The summed E-state index contributed by atoms with van der Waals surface area (Å²) in [5.74, 6) is -2.75. The SMILES string of the molecule is C[C@H](COCCC(=O)N1CCN(c2ncc(Cl)cn2)CC1)NC1CNNC(=O)C1C(F)(F)F. The number of rotatable bonds is 8. The highest BCUT2D eigenvalue weighted by molar-refractivity contribution is 6.30. The van der Waals surface area contributed by atoms with Crippen LogP contribution in [0.2, 0.25) is 5.02 Å². The van der Waals surface area contributed by atoms with E-state index >= 15 is 0 Å². The number of nitrogens with zero attached hydrogens (tertiary/aromatic N) is 4. The van der Waals surface area contributed by atoms with Gasteiger partial charge in [-0.25, -0.2) is 15.4 Å². The zero-order valence-electron chi connectivity index (χ0n) is 18.1. The first-order valence-electron chi connectivity index (χ1n) is 10.6. The van der Waals surface area contributed by atoms with E-state index in [-0.39, 0.29) is 32.1 Å². The van der Waals surface area contributed by atoms with Crippen molar-refractivity contribution in [3.05, 3.63) is 17.4 Å². The zero-order valence-corrected chi connectivity index (χ0v) is 18.8. The number of nitrogens with one attached hydrogen (secondary N) is 3. The largest absolute Gasteiger partial charge is 0.402 e. The summed E-state index contributed by atoms with van der Waals surface area (Å²) in [6.45, 7) is 4.11. The Morgan fingerprint density at radius 1 is 1.30 bits per heavy atom. The highest BCUT2D eigenvalue weighted by Gasteiger charge is 2.51. The Hall–Kier alpha value is -2.22. The third kappa shape index (κ3) is 7.13. The van der Waals surface area contributed by atoms with Gasteiger partial charge in [0.2, 0.25) is 17.8 Å². The highest BCUT2D eigenvalue weighted by atomic mass is 35.5. The lowest BCUT2D eigenvalue weighted by atomic mass is 9.96. The highest BCUT2D eigenvalue weighted by Crippen LogP contribution is 2.30. The fourth-order valence-corrected chi connectivity index (χ4v) is 3.87. The molecule has 184 valence electrons. The molecule has 0 aromatic carbocycles. The van der Waals surface area contributed by atoms with E-state index < -0.39 is 30.1 Å². The van der Waals surface area contributed by atoms with Crippen LogP contribution in [0, 0.1) is 5.92 Å². The molecule has 2 unspecified atom stereocenters. The van der Waals surface area contributed by atoms with Gasteiger partial charge >= 0.3 is 6.18 Å². The van der Waals surface area contributed by atoms with Crippen LogP contribution < -0.4 is 21.1 Å². The van der Waals surface area contributed by atoms with E-state index in [0.717, 1.165) is 0 Å². The van der Waals surface area contributed by atoms with E-state index in [9.17, 15) is 22.8 Å². The minimum absolute atomic E-state index is 0.0578. The van der Waals surface area contributed by atoms with Crippen LogP contribution in [-0.4, -0.2) is 90.9 Å². The molecule has 1 aromatic rings. The summed E-state index contributed by atoms with van der Waals surface area (Å²) in [7, 11) is 0. The maximum atomic E-state index is 13.2. The lowest BCUT2D eigenvalue weighted by molar-refractivity contribution is -0.193. The number of anilines is 1. The molecule has 0 aliphatic carbocycles. The Balaban J connectivity index is 1.34. The van der Waals surface area contributed by atoms with Gasteiger partial charge in [-0.05, 0) is 6.92 Å². The molecule has 3 atom stereocenters. The molecule has 3 rings (SSSR count). The first kappa shape index (κ1) is 25.4. The molecule has 2 aliphatic heterocycles. The summed E-state index contributed by atoms with van der Waals surface area (Å²) >= 11 is 5.80. The van der Waals surface area contributed by atoms with Gasteiger partial charge in [-0.1, -0.05) is 11.6 Å². The van der Waals surface area contributed by atoms with Crippen molar-refractivity contribution < 1.29 is 27.5 Å². The average molecular weight is 494 g/mol. The van der Waals surface area contributed by atoms with Gasteiger partial charge in [-0.2, -0.15) is 13.2 Å². The third-order valence-electron chi connectivity index (χ3n) is 5.42. The third-order valence-corrected chi connectivity index (χ3v) is 5.61. The molecular weight excluding hydrogens is 467 g/mol. The number of hydrazine groups is 1. The van der Waals surface area contributed by atoms with Crippen molar-refractivity contribution in [2.75, 3.05) is 50.8 Å². The van der Waals surface area contributed by atoms with Crippen LogP contribution >= 0.6 is 11.6 Å². The zero-order chi connectivity index (χ0) is 24.0. The lowest BCUT2D eigenvalue weighted by Crippen LogP contribution is -2.64. The first-order chi connectivity index (χ1) is 15.6. The number of amides is 2. The van der Waals surface area contributed by atoms with Crippen molar-refractivity contribution in [3.8, 4) is 0 Å². The van der Waals surface area contributed by atoms with Gasteiger partial charge in [-0.15, -0.1) is 0 Å². The molecule has 14 heteroatoms. The van der Waals surface area contributed by atoms with Crippen LogP contribution in [0.4, 0.5) is 19.1 Å². The summed E-state index contributed by atoms with van der Waals surface area (Å²) in [4.78, 5) is 36.1. The smallest absolute Gasteiger partial charge is 0.379 e. The van der Waals surface area contributed by atoms with Crippen molar-refractivity contribution in [2.45, 2.75) is 31.6 Å². The fraction of sp³-hybridized carbons (Fsp3) is 0.684. The molecule has 33 heavy (non-hydrogen) atoms. The number of aromatic nitrogens is 2. The van der Waals surface area contributed by atoms with E-state index in [0.29, 0.717) is 37.1 Å². The maximum Gasteiger partial charge on any atom is 0.402 e. The number of carbonyl (C=O) groups is 2. The number of carbonyl (C=O) groups excluding carboxylic acids is 2. The number of hydrogen-bond donors (Lipinski definition) is 3. The average Bonchev–Trinajstić information content (AvgIpc) is 2.76. The Bertz CT molecular complexity index is 807. The Labute approximate surface area is 194 Å². The molecule has 0 spiro atoms. The molecule has 0 bridgehead atoms. The lowest BCUT2D eigenvalue weighted by Gasteiger charge is -2.35. The molecule has 2 fully saturated rings. The van der Waals surface area contributed by atoms with Crippen LogP contribution in [0.5, 0.6) is 0 Å². The van der Waals surface area contributed by atoms with E-state index in [1.807, 2.05) is 10.3 Å². The van der Waals surface area contributed by atoms with Gasteiger partial charge in [-0.3, -0.25) is 15.0 Å². The minimum atomic E-state index is -4.65. The number of piperazine rings is 1. The van der Waals surface area contributed by atoms with Crippen LogP contribution in [0.25, 0.3) is 0 Å². The van der Waals surface area contributed by atoms with E-state index in [2.05, 4.69) is 20.7 Å². The van der Waals surface area contributed by atoms with Crippen molar-refractivity contribution in [3.63, 3.8) is 0 Å². The van der Waals surface area contributed by atoms with Gasteiger partial charge in [0, 0.05) is 44.8 Å². The molecule has 3 N–H and O–H groups in total.